The number of amides is 1. The molecule has 7 heteroatoms. The van der Waals surface area contributed by atoms with Gasteiger partial charge in [0.15, 0.2) is 6.10 Å². The molecule has 19 heavy (non-hydrogen) atoms. The Morgan fingerprint density at radius 2 is 1.74 bits per heavy atom. The minimum Gasteiger partial charge on any atom is -0.469 e. The standard InChI is InChI=1S/C12H19NO6/c1-9(12(16)13-5-7-18-8-6-13)19-11(15)4-3-10(14)17-2/h9H,3-8H2,1-2H3. The van der Waals surface area contributed by atoms with Gasteiger partial charge >= 0.3 is 11.9 Å². The van der Waals surface area contributed by atoms with E-state index >= 15 is 0 Å². The SMILES string of the molecule is COC(=O)CCC(=O)OC(C)C(=O)N1CCOCC1. The van der Waals surface area contributed by atoms with E-state index in [-0.39, 0.29) is 18.7 Å². The lowest BCUT2D eigenvalue weighted by Crippen LogP contribution is -2.46. The van der Waals surface area contributed by atoms with Gasteiger partial charge in [-0.05, 0) is 6.92 Å². The highest BCUT2D eigenvalue weighted by Gasteiger charge is 2.25. The van der Waals surface area contributed by atoms with Crippen LogP contribution in [0, 0.1) is 0 Å². The lowest BCUT2D eigenvalue weighted by atomic mass is 10.3. The molecule has 1 aliphatic rings. The molecule has 0 aliphatic carbocycles. The Hall–Kier alpha value is -1.63. The molecule has 1 heterocycles. The van der Waals surface area contributed by atoms with Crippen LogP contribution in [0.3, 0.4) is 0 Å². The maximum atomic E-state index is 11.9. The zero-order valence-electron chi connectivity index (χ0n) is 11.2. The molecular formula is C12H19NO6. The Labute approximate surface area is 111 Å². The summed E-state index contributed by atoms with van der Waals surface area (Å²) in [6.07, 6.45) is -0.982. The number of esters is 2. The lowest BCUT2D eigenvalue weighted by Gasteiger charge is -2.28. The number of morpholine rings is 1. The predicted octanol–water partition coefficient (Wildman–Crippen LogP) is -0.270. The number of ether oxygens (including phenoxy) is 3. The van der Waals surface area contributed by atoms with Crippen molar-refractivity contribution in [2.45, 2.75) is 25.9 Å². The van der Waals surface area contributed by atoms with Gasteiger partial charge in [0.2, 0.25) is 0 Å². The van der Waals surface area contributed by atoms with Crippen molar-refractivity contribution in [1.29, 1.82) is 0 Å². The molecule has 0 aromatic heterocycles. The van der Waals surface area contributed by atoms with Crippen molar-refractivity contribution < 1.29 is 28.6 Å². The summed E-state index contributed by atoms with van der Waals surface area (Å²) in [6, 6.07) is 0. The average Bonchev–Trinajstić information content (AvgIpc) is 2.44. The molecule has 1 rings (SSSR count). The van der Waals surface area contributed by atoms with Gasteiger partial charge in [-0.2, -0.15) is 0 Å². The maximum absolute atomic E-state index is 11.9. The summed E-state index contributed by atoms with van der Waals surface area (Å²) in [5.74, 6) is -1.31. The van der Waals surface area contributed by atoms with Gasteiger partial charge in [0, 0.05) is 13.1 Å². The number of carbonyl (C=O) groups is 3. The highest BCUT2D eigenvalue weighted by molar-refractivity contribution is 5.84. The molecular weight excluding hydrogens is 254 g/mol. The van der Waals surface area contributed by atoms with E-state index in [9.17, 15) is 14.4 Å². The molecule has 0 spiro atoms. The van der Waals surface area contributed by atoms with Crippen LogP contribution >= 0.6 is 0 Å². The van der Waals surface area contributed by atoms with Crippen molar-refractivity contribution in [2.75, 3.05) is 33.4 Å². The summed E-state index contributed by atoms with van der Waals surface area (Å²) in [7, 11) is 1.25. The Kier molecular flexibility index (Phi) is 6.27. The van der Waals surface area contributed by atoms with Gasteiger partial charge in [-0.3, -0.25) is 14.4 Å². The number of hydrogen-bond acceptors (Lipinski definition) is 6. The molecule has 108 valence electrons. The third kappa shape index (κ3) is 5.25. The fourth-order valence-electron chi connectivity index (χ4n) is 1.65. The Bertz CT molecular complexity index is 337. The molecule has 0 aromatic carbocycles. The van der Waals surface area contributed by atoms with E-state index in [4.69, 9.17) is 9.47 Å². The monoisotopic (exact) mass is 273 g/mol. The van der Waals surface area contributed by atoms with Crippen molar-refractivity contribution in [3.05, 3.63) is 0 Å². The Morgan fingerprint density at radius 1 is 1.16 bits per heavy atom. The predicted molar refractivity (Wildman–Crippen MR) is 64.2 cm³/mol. The molecule has 0 aromatic rings. The molecule has 1 saturated heterocycles. The van der Waals surface area contributed by atoms with E-state index in [0.29, 0.717) is 26.3 Å². The number of methoxy groups -OCH3 is 1. The van der Waals surface area contributed by atoms with Gasteiger partial charge in [-0.15, -0.1) is 0 Å². The van der Waals surface area contributed by atoms with E-state index in [0.717, 1.165) is 0 Å². The second-order valence-electron chi connectivity index (χ2n) is 4.15. The highest BCUT2D eigenvalue weighted by atomic mass is 16.5. The Morgan fingerprint density at radius 3 is 2.32 bits per heavy atom. The summed E-state index contributed by atoms with van der Waals surface area (Å²) in [5.41, 5.74) is 0. The number of carbonyl (C=O) groups excluding carboxylic acids is 3. The van der Waals surface area contributed by atoms with Crippen LogP contribution in [-0.2, 0) is 28.6 Å². The summed E-state index contributed by atoms with van der Waals surface area (Å²) >= 11 is 0. The van der Waals surface area contributed by atoms with E-state index in [1.807, 2.05) is 0 Å². The second-order valence-corrected chi connectivity index (χ2v) is 4.15. The summed E-state index contributed by atoms with van der Waals surface area (Å²) < 4.78 is 14.5. The summed E-state index contributed by atoms with van der Waals surface area (Å²) in [5, 5.41) is 0. The molecule has 0 N–H and O–H groups in total. The molecule has 7 nitrogen and oxygen atoms in total. The quantitative estimate of drug-likeness (QED) is 0.641. The second kappa shape index (κ2) is 7.73. The third-order valence-corrected chi connectivity index (χ3v) is 2.74. The van der Waals surface area contributed by atoms with E-state index < -0.39 is 18.0 Å². The molecule has 1 aliphatic heterocycles. The van der Waals surface area contributed by atoms with Gasteiger partial charge < -0.3 is 19.1 Å². The van der Waals surface area contributed by atoms with Crippen molar-refractivity contribution >= 4 is 17.8 Å². The largest absolute Gasteiger partial charge is 0.469 e. The molecule has 1 fully saturated rings. The van der Waals surface area contributed by atoms with E-state index in [2.05, 4.69) is 4.74 Å². The number of nitrogens with zero attached hydrogens (tertiary/aromatic N) is 1. The molecule has 1 atom stereocenters. The maximum Gasteiger partial charge on any atom is 0.307 e. The van der Waals surface area contributed by atoms with Crippen LogP contribution < -0.4 is 0 Å². The van der Waals surface area contributed by atoms with Crippen LogP contribution in [0.15, 0.2) is 0 Å². The van der Waals surface area contributed by atoms with Crippen LogP contribution in [0.25, 0.3) is 0 Å². The van der Waals surface area contributed by atoms with E-state index in [1.54, 1.807) is 4.90 Å². The van der Waals surface area contributed by atoms with Crippen LogP contribution in [0.4, 0.5) is 0 Å². The Balaban J connectivity index is 2.32. The average molecular weight is 273 g/mol. The first-order chi connectivity index (χ1) is 9.04. The molecule has 0 bridgehead atoms. The van der Waals surface area contributed by atoms with Crippen molar-refractivity contribution in [3.8, 4) is 0 Å². The molecule has 1 unspecified atom stereocenters. The number of rotatable bonds is 5. The number of hydrogen-bond donors (Lipinski definition) is 0. The molecule has 1 amide bonds. The van der Waals surface area contributed by atoms with Crippen LogP contribution in [-0.4, -0.2) is 62.3 Å². The fraction of sp³-hybridized carbons (Fsp3) is 0.750. The zero-order valence-corrected chi connectivity index (χ0v) is 11.2. The van der Waals surface area contributed by atoms with Gasteiger partial charge in [-0.1, -0.05) is 0 Å². The zero-order chi connectivity index (χ0) is 14.3. The lowest BCUT2D eigenvalue weighted by molar-refractivity contribution is -0.161. The van der Waals surface area contributed by atoms with Crippen LogP contribution in [0.5, 0.6) is 0 Å². The minimum atomic E-state index is -0.844. The van der Waals surface area contributed by atoms with Crippen molar-refractivity contribution in [3.63, 3.8) is 0 Å². The normalized spacial score (nSPS) is 16.6. The minimum absolute atomic E-state index is 0.0478. The first kappa shape index (κ1) is 15.4. The van der Waals surface area contributed by atoms with E-state index in [1.165, 1.54) is 14.0 Å². The summed E-state index contributed by atoms with van der Waals surface area (Å²) in [4.78, 5) is 35.8. The van der Waals surface area contributed by atoms with Crippen molar-refractivity contribution in [2.24, 2.45) is 0 Å². The third-order valence-electron chi connectivity index (χ3n) is 2.74. The highest BCUT2D eigenvalue weighted by Crippen LogP contribution is 2.05. The molecule has 0 radical (unpaired) electrons. The fourth-order valence-corrected chi connectivity index (χ4v) is 1.65. The first-order valence-electron chi connectivity index (χ1n) is 6.17. The van der Waals surface area contributed by atoms with Crippen molar-refractivity contribution in [1.82, 2.24) is 4.90 Å². The molecule has 0 saturated carbocycles. The topological polar surface area (TPSA) is 82.1 Å². The summed E-state index contributed by atoms with van der Waals surface area (Å²) in [6.45, 7) is 3.52. The van der Waals surface area contributed by atoms with Gasteiger partial charge in [-0.25, -0.2) is 0 Å². The van der Waals surface area contributed by atoms with Gasteiger partial charge in [0.1, 0.15) is 0 Å². The van der Waals surface area contributed by atoms with Gasteiger partial charge in [0.05, 0.1) is 33.2 Å². The van der Waals surface area contributed by atoms with Crippen LogP contribution in [0.2, 0.25) is 0 Å². The first-order valence-corrected chi connectivity index (χ1v) is 6.17. The smallest absolute Gasteiger partial charge is 0.307 e. The van der Waals surface area contributed by atoms with Crippen LogP contribution in [0.1, 0.15) is 19.8 Å². The van der Waals surface area contributed by atoms with Gasteiger partial charge in [0.25, 0.3) is 5.91 Å².